The molecule has 0 radical (unpaired) electrons. The summed E-state index contributed by atoms with van der Waals surface area (Å²) in [4.78, 5) is 2.71. The minimum Gasteiger partial charge on any atom is -0.298 e. The molecule has 0 saturated carbocycles. The van der Waals surface area contributed by atoms with Gasteiger partial charge < -0.3 is 0 Å². The van der Waals surface area contributed by atoms with Crippen molar-refractivity contribution in [1.29, 1.82) is 0 Å². The number of nitrogens with zero attached hydrogens (tertiary/aromatic N) is 1. The molecule has 0 atom stereocenters. The molecule has 0 spiro atoms. The molecule has 1 aliphatic heterocycles. The van der Waals surface area contributed by atoms with Crippen LogP contribution in [0.1, 0.15) is 74.1 Å². The molecule has 0 unspecified atom stereocenters. The summed E-state index contributed by atoms with van der Waals surface area (Å²) in [6, 6.07) is 0. The average Bonchev–Trinajstić information content (AvgIpc) is 2.15. The van der Waals surface area contributed by atoms with Crippen LogP contribution in [0.25, 0.3) is 0 Å². The molecule has 1 heterocycles. The van der Waals surface area contributed by atoms with Gasteiger partial charge in [0.15, 0.2) is 0 Å². The van der Waals surface area contributed by atoms with E-state index in [2.05, 4.69) is 53.4 Å². The lowest BCUT2D eigenvalue weighted by molar-refractivity contribution is 0.0120. The van der Waals surface area contributed by atoms with Crippen LogP contribution >= 0.6 is 0 Å². The van der Waals surface area contributed by atoms with Gasteiger partial charge in [-0.3, -0.25) is 4.90 Å². The molecular formula is C16H33N. The van der Waals surface area contributed by atoms with Gasteiger partial charge in [-0.1, -0.05) is 41.0 Å². The van der Waals surface area contributed by atoms with Gasteiger partial charge in [0.05, 0.1) is 0 Å². The van der Waals surface area contributed by atoms with Crippen LogP contribution in [0.5, 0.6) is 0 Å². The second-order valence-electron chi connectivity index (χ2n) is 8.17. The van der Waals surface area contributed by atoms with Crippen LogP contribution in [-0.2, 0) is 0 Å². The van der Waals surface area contributed by atoms with E-state index in [-0.39, 0.29) is 0 Å². The summed E-state index contributed by atoms with van der Waals surface area (Å²) in [7, 11) is 0. The topological polar surface area (TPSA) is 3.24 Å². The van der Waals surface area contributed by atoms with E-state index >= 15 is 0 Å². The van der Waals surface area contributed by atoms with Gasteiger partial charge in [-0.25, -0.2) is 0 Å². The second-order valence-corrected chi connectivity index (χ2v) is 8.17. The molecule has 0 bridgehead atoms. The van der Waals surface area contributed by atoms with Crippen molar-refractivity contribution in [3.05, 3.63) is 0 Å². The predicted molar refractivity (Wildman–Crippen MR) is 77.4 cm³/mol. The van der Waals surface area contributed by atoms with Crippen LogP contribution in [0.2, 0.25) is 0 Å². The Balaban J connectivity index is 2.71. The van der Waals surface area contributed by atoms with E-state index in [0.29, 0.717) is 16.4 Å². The van der Waals surface area contributed by atoms with Crippen molar-refractivity contribution in [3.8, 4) is 0 Å². The average molecular weight is 239 g/mol. The molecular weight excluding hydrogens is 206 g/mol. The third-order valence-electron chi connectivity index (χ3n) is 5.12. The van der Waals surface area contributed by atoms with Gasteiger partial charge in [-0.05, 0) is 57.0 Å². The molecule has 0 aliphatic carbocycles. The molecule has 1 nitrogen and oxygen atoms in total. The lowest BCUT2D eigenvalue weighted by Crippen LogP contribution is -2.50. The molecule has 17 heavy (non-hydrogen) atoms. The smallest absolute Gasteiger partial charge is 0.0158 e. The summed E-state index contributed by atoms with van der Waals surface area (Å²) in [5, 5.41) is 0. The van der Waals surface area contributed by atoms with Crippen molar-refractivity contribution in [2.45, 2.75) is 79.7 Å². The van der Waals surface area contributed by atoms with Crippen LogP contribution in [0.15, 0.2) is 0 Å². The summed E-state index contributed by atoms with van der Waals surface area (Å²) in [5.41, 5.74) is 1.10. The zero-order valence-corrected chi connectivity index (χ0v) is 13.2. The Morgan fingerprint density at radius 1 is 0.765 bits per heavy atom. The lowest BCUT2D eigenvalue weighted by Gasteiger charge is -2.49. The van der Waals surface area contributed by atoms with Crippen LogP contribution in [0.4, 0.5) is 0 Å². The highest BCUT2D eigenvalue weighted by molar-refractivity contribution is 4.93. The minimum atomic E-state index is 0.344. The van der Waals surface area contributed by atoms with E-state index in [1.165, 1.54) is 38.8 Å². The summed E-state index contributed by atoms with van der Waals surface area (Å²) in [6.45, 7) is 19.5. The standard InChI is InChI=1S/C16H33N/c1-14(2,3)15(4,5)13-16(6,7)17-11-9-8-10-12-17/h8-13H2,1-7H3. The first kappa shape index (κ1) is 15.0. The van der Waals surface area contributed by atoms with E-state index in [0.717, 1.165) is 0 Å². The second kappa shape index (κ2) is 4.91. The van der Waals surface area contributed by atoms with E-state index in [4.69, 9.17) is 0 Å². The molecule has 1 fully saturated rings. The Kier molecular flexibility index (Phi) is 4.34. The van der Waals surface area contributed by atoms with Crippen molar-refractivity contribution in [2.75, 3.05) is 13.1 Å². The third kappa shape index (κ3) is 3.71. The summed E-state index contributed by atoms with van der Waals surface area (Å²) in [6.07, 6.45) is 5.48. The number of piperidine rings is 1. The Bertz CT molecular complexity index is 239. The van der Waals surface area contributed by atoms with Crippen LogP contribution < -0.4 is 0 Å². The summed E-state index contributed by atoms with van der Waals surface area (Å²) >= 11 is 0. The molecule has 1 saturated heterocycles. The number of likely N-dealkylation sites (tertiary alicyclic amines) is 1. The Hall–Kier alpha value is -0.0400. The first-order valence-electron chi connectivity index (χ1n) is 7.31. The molecule has 1 aliphatic rings. The largest absolute Gasteiger partial charge is 0.298 e. The minimum absolute atomic E-state index is 0.344. The van der Waals surface area contributed by atoms with Gasteiger partial charge in [0, 0.05) is 5.54 Å². The molecule has 1 rings (SSSR count). The SMILES string of the molecule is CC(C)(CC(C)(C)C(C)(C)C)N1CCCCC1. The maximum absolute atomic E-state index is 2.71. The fourth-order valence-corrected chi connectivity index (χ4v) is 2.96. The highest BCUT2D eigenvalue weighted by Gasteiger charge is 2.40. The molecule has 0 aromatic heterocycles. The van der Waals surface area contributed by atoms with Crippen molar-refractivity contribution in [3.63, 3.8) is 0 Å². The zero-order valence-electron chi connectivity index (χ0n) is 13.2. The van der Waals surface area contributed by atoms with Gasteiger partial charge >= 0.3 is 0 Å². The number of rotatable bonds is 3. The first-order valence-corrected chi connectivity index (χ1v) is 7.31. The first-order chi connectivity index (χ1) is 7.56. The highest BCUT2D eigenvalue weighted by atomic mass is 15.2. The fourth-order valence-electron chi connectivity index (χ4n) is 2.96. The van der Waals surface area contributed by atoms with E-state index in [1.54, 1.807) is 0 Å². The normalized spacial score (nSPS) is 20.6. The fraction of sp³-hybridized carbons (Fsp3) is 1.00. The third-order valence-corrected chi connectivity index (χ3v) is 5.12. The quantitative estimate of drug-likeness (QED) is 0.689. The zero-order chi connectivity index (χ0) is 13.3. The van der Waals surface area contributed by atoms with Gasteiger partial charge in [-0.2, -0.15) is 0 Å². The molecule has 1 heteroatoms. The highest BCUT2D eigenvalue weighted by Crippen LogP contribution is 2.45. The monoisotopic (exact) mass is 239 g/mol. The van der Waals surface area contributed by atoms with Gasteiger partial charge in [-0.15, -0.1) is 0 Å². The maximum atomic E-state index is 2.71. The van der Waals surface area contributed by atoms with Crippen LogP contribution in [-0.4, -0.2) is 23.5 Å². The maximum Gasteiger partial charge on any atom is 0.0158 e. The van der Waals surface area contributed by atoms with Crippen LogP contribution in [0.3, 0.4) is 0 Å². The van der Waals surface area contributed by atoms with Crippen molar-refractivity contribution in [1.82, 2.24) is 4.90 Å². The Labute approximate surface area is 109 Å². The lowest BCUT2D eigenvalue weighted by atomic mass is 9.63. The van der Waals surface area contributed by atoms with E-state index < -0.39 is 0 Å². The van der Waals surface area contributed by atoms with Crippen LogP contribution in [0, 0.1) is 10.8 Å². The summed E-state index contributed by atoms with van der Waals surface area (Å²) < 4.78 is 0. The van der Waals surface area contributed by atoms with Crippen molar-refractivity contribution < 1.29 is 0 Å². The van der Waals surface area contributed by atoms with Gasteiger partial charge in [0.25, 0.3) is 0 Å². The van der Waals surface area contributed by atoms with E-state index in [1.807, 2.05) is 0 Å². The molecule has 102 valence electrons. The summed E-state index contributed by atoms with van der Waals surface area (Å²) in [5.74, 6) is 0. The van der Waals surface area contributed by atoms with Crippen molar-refractivity contribution in [2.24, 2.45) is 10.8 Å². The molecule has 0 aromatic carbocycles. The predicted octanol–water partition coefficient (Wildman–Crippen LogP) is 4.71. The van der Waals surface area contributed by atoms with E-state index in [9.17, 15) is 0 Å². The number of hydrogen-bond acceptors (Lipinski definition) is 1. The van der Waals surface area contributed by atoms with Gasteiger partial charge in [0.1, 0.15) is 0 Å². The Morgan fingerprint density at radius 3 is 1.65 bits per heavy atom. The van der Waals surface area contributed by atoms with Gasteiger partial charge in [0.2, 0.25) is 0 Å². The number of hydrogen-bond donors (Lipinski definition) is 0. The van der Waals surface area contributed by atoms with Crippen molar-refractivity contribution >= 4 is 0 Å². The molecule has 0 aromatic rings. The molecule has 0 N–H and O–H groups in total. The Morgan fingerprint density at radius 2 is 1.24 bits per heavy atom. The molecule has 0 amide bonds.